The first kappa shape index (κ1) is 15.0. The van der Waals surface area contributed by atoms with Gasteiger partial charge in [0.25, 0.3) is 0 Å². The van der Waals surface area contributed by atoms with Crippen molar-refractivity contribution in [2.24, 2.45) is 0 Å². The van der Waals surface area contributed by atoms with E-state index in [4.69, 9.17) is 0 Å². The van der Waals surface area contributed by atoms with Crippen LogP contribution in [0.2, 0.25) is 0 Å². The van der Waals surface area contributed by atoms with Crippen molar-refractivity contribution in [1.82, 2.24) is 29.4 Å². The van der Waals surface area contributed by atoms with E-state index in [1.165, 1.54) is 0 Å². The second-order valence-corrected chi connectivity index (χ2v) is 5.77. The van der Waals surface area contributed by atoms with Gasteiger partial charge >= 0.3 is 5.69 Å². The summed E-state index contributed by atoms with van der Waals surface area (Å²) in [7, 11) is 0. The van der Waals surface area contributed by atoms with Crippen molar-refractivity contribution in [3.8, 4) is 0 Å². The summed E-state index contributed by atoms with van der Waals surface area (Å²) >= 11 is 0. The Kier molecular flexibility index (Phi) is 4.72. The molecule has 22 heavy (non-hydrogen) atoms. The molecule has 7 heteroatoms. The number of hydrogen-bond donors (Lipinski definition) is 1. The van der Waals surface area contributed by atoms with Crippen LogP contribution in [0.3, 0.4) is 0 Å². The van der Waals surface area contributed by atoms with Crippen molar-refractivity contribution in [3.05, 3.63) is 34.8 Å². The second-order valence-electron chi connectivity index (χ2n) is 5.77. The second kappa shape index (κ2) is 6.91. The van der Waals surface area contributed by atoms with Gasteiger partial charge in [0.1, 0.15) is 5.82 Å². The smallest absolute Gasteiger partial charge is 0.316 e. The number of nitrogens with zero attached hydrogens (tertiary/aromatic N) is 5. The number of nitrogens with one attached hydrogen (secondary N) is 1. The largest absolute Gasteiger partial charge is 0.345 e. The molecule has 0 amide bonds. The lowest BCUT2D eigenvalue weighted by atomic mass is 9.99. The molecule has 3 rings (SSSR count). The van der Waals surface area contributed by atoms with Crippen molar-refractivity contribution in [2.45, 2.75) is 51.7 Å². The number of aromatic nitrogens is 5. The van der Waals surface area contributed by atoms with Gasteiger partial charge in [0.2, 0.25) is 0 Å². The quantitative estimate of drug-likeness (QED) is 0.858. The summed E-state index contributed by atoms with van der Waals surface area (Å²) in [6.45, 7) is 6.12. The fourth-order valence-electron chi connectivity index (χ4n) is 3.09. The number of hydrogen-bond acceptors (Lipinski definition) is 4. The number of piperidine rings is 1. The molecule has 0 radical (unpaired) electrons. The van der Waals surface area contributed by atoms with Crippen LogP contribution in [0, 0.1) is 0 Å². The molecule has 0 aliphatic carbocycles. The first-order valence-electron chi connectivity index (χ1n) is 8.15. The van der Waals surface area contributed by atoms with E-state index in [0.717, 1.165) is 44.7 Å². The summed E-state index contributed by atoms with van der Waals surface area (Å²) in [5.41, 5.74) is 0.0172. The van der Waals surface area contributed by atoms with Crippen LogP contribution in [0.25, 0.3) is 0 Å². The molecule has 1 fully saturated rings. The van der Waals surface area contributed by atoms with E-state index < -0.39 is 0 Å². The van der Waals surface area contributed by atoms with Gasteiger partial charge in [0.15, 0.2) is 0 Å². The van der Waals surface area contributed by atoms with Gasteiger partial charge in [-0.2, -0.15) is 10.2 Å². The summed E-state index contributed by atoms with van der Waals surface area (Å²) in [6.07, 6.45) is 6.81. The molecule has 0 bridgehead atoms. The predicted molar refractivity (Wildman–Crippen MR) is 83.8 cm³/mol. The molecule has 0 aromatic carbocycles. The van der Waals surface area contributed by atoms with Crippen molar-refractivity contribution in [3.63, 3.8) is 0 Å². The van der Waals surface area contributed by atoms with Gasteiger partial charge < -0.3 is 5.32 Å². The highest BCUT2D eigenvalue weighted by atomic mass is 16.2. The normalized spacial score (nSPS) is 18.7. The van der Waals surface area contributed by atoms with Crippen LogP contribution in [0.1, 0.15) is 37.9 Å². The summed E-state index contributed by atoms with van der Waals surface area (Å²) in [5.74, 6) is 1.30. The average Bonchev–Trinajstić information content (AvgIpc) is 3.17. The van der Waals surface area contributed by atoms with E-state index in [-0.39, 0.29) is 5.69 Å². The zero-order chi connectivity index (χ0) is 15.4. The Morgan fingerprint density at radius 3 is 3.00 bits per heavy atom. The first-order chi connectivity index (χ1) is 10.8. The van der Waals surface area contributed by atoms with Gasteiger partial charge in [-0.15, -0.1) is 0 Å². The molecule has 1 N–H and O–H groups in total. The van der Waals surface area contributed by atoms with Gasteiger partial charge in [0.05, 0.1) is 0 Å². The van der Waals surface area contributed by atoms with Crippen molar-refractivity contribution >= 4 is 0 Å². The Morgan fingerprint density at radius 2 is 2.32 bits per heavy atom. The molecule has 1 aliphatic heterocycles. The molecule has 2 aromatic heterocycles. The lowest BCUT2D eigenvalue weighted by molar-refractivity contribution is 0.429. The zero-order valence-electron chi connectivity index (χ0n) is 13.1. The van der Waals surface area contributed by atoms with Gasteiger partial charge in [0, 0.05) is 44.5 Å². The third-order valence-electron chi connectivity index (χ3n) is 4.25. The molecule has 1 aliphatic rings. The minimum absolute atomic E-state index is 0.0172. The van der Waals surface area contributed by atoms with E-state index in [1.807, 2.05) is 28.4 Å². The Morgan fingerprint density at radius 1 is 1.41 bits per heavy atom. The van der Waals surface area contributed by atoms with Gasteiger partial charge in [-0.1, -0.05) is 0 Å². The van der Waals surface area contributed by atoms with E-state index in [1.54, 1.807) is 10.9 Å². The maximum Gasteiger partial charge on any atom is 0.345 e. The molecule has 1 saturated heterocycles. The maximum atomic E-state index is 12.5. The SMILES string of the molecule is CCn1c(C2CCCNC2)nn(CCCn2cccn2)c1=O. The molecule has 0 saturated carbocycles. The van der Waals surface area contributed by atoms with Crippen LogP contribution < -0.4 is 11.0 Å². The standard InChI is InChI=1S/C15H24N6O/c1-2-20-14(13-6-3-7-16-12-13)18-21(15(20)22)11-5-10-19-9-4-8-17-19/h4,8-9,13,16H,2-3,5-7,10-12H2,1H3. The molecular formula is C15H24N6O. The fraction of sp³-hybridized carbons (Fsp3) is 0.667. The highest BCUT2D eigenvalue weighted by Crippen LogP contribution is 2.20. The predicted octanol–water partition coefficient (Wildman–Crippen LogP) is 0.818. The zero-order valence-corrected chi connectivity index (χ0v) is 13.1. The van der Waals surface area contributed by atoms with Crippen molar-refractivity contribution in [2.75, 3.05) is 13.1 Å². The molecule has 1 unspecified atom stereocenters. The van der Waals surface area contributed by atoms with Gasteiger partial charge in [-0.25, -0.2) is 9.48 Å². The fourth-order valence-corrected chi connectivity index (χ4v) is 3.09. The molecule has 7 nitrogen and oxygen atoms in total. The maximum absolute atomic E-state index is 12.5. The van der Waals surface area contributed by atoms with Crippen LogP contribution in [0.4, 0.5) is 0 Å². The third-order valence-corrected chi connectivity index (χ3v) is 4.25. The van der Waals surface area contributed by atoms with E-state index >= 15 is 0 Å². The van der Waals surface area contributed by atoms with E-state index in [9.17, 15) is 4.79 Å². The molecule has 2 aromatic rings. The number of rotatable bonds is 6. The highest BCUT2D eigenvalue weighted by Gasteiger charge is 2.23. The summed E-state index contributed by atoms with van der Waals surface area (Å²) in [6, 6.07) is 1.91. The monoisotopic (exact) mass is 304 g/mol. The first-order valence-corrected chi connectivity index (χ1v) is 8.15. The Balaban J connectivity index is 1.71. The molecular weight excluding hydrogens is 280 g/mol. The van der Waals surface area contributed by atoms with Crippen LogP contribution in [0.15, 0.2) is 23.3 Å². The van der Waals surface area contributed by atoms with Crippen LogP contribution in [-0.4, -0.2) is 37.2 Å². The van der Waals surface area contributed by atoms with Crippen LogP contribution in [0.5, 0.6) is 0 Å². The van der Waals surface area contributed by atoms with Crippen molar-refractivity contribution in [1.29, 1.82) is 0 Å². The average molecular weight is 304 g/mol. The lowest BCUT2D eigenvalue weighted by Crippen LogP contribution is -2.31. The molecule has 1 atom stereocenters. The Bertz CT molecular complexity index is 636. The Hall–Kier alpha value is -1.89. The lowest BCUT2D eigenvalue weighted by Gasteiger charge is -2.21. The van der Waals surface area contributed by atoms with E-state index in [0.29, 0.717) is 19.0 Å². The summed E-state index contributed by atoms with van der Waals surface area (Å²) < 4.78 is 5.33. The topological polar surface area (TPSA) is 69.7 Å². The Labute approximate surface area is 129 Å². The molecule has 120 valence electrons. The molecule has 0 spiro atoms. The minimum Gasteiger partial charge on any atom is -0.316 e. The highest BCUT2D eigenvalue weighted by molar-refractivity contribution is 5.00. The van der Waals surface area contributed by atoms with Crippen LogP contribution in [-0.2, 0) is 19.6 Å². The minimum atomic E-state index is 0.0172. The summed E-state index contributed by atoms with van der Waals surface area (Å²) in [5, 5.41) is 12.2. The number of aryl methyl sites for hydroxylation is 2. The van der Waals surface area contributed by atoms with E-state index in [2.05, 4.69) is 15.5 Å². The van der Waals surface area contributed by atoms with Gasteiger partial charge in [-0.3, -0.25) is 9.25 Å². The van der Waals surface area contributed by atoms with Crippen LogP contribution >= 0.6 is 0 Å². The third kappa shape index (κ3) is 3.14. The van der Waals surface area contributed by atoms with Gasteiger partial charge in [-0.05, 0) is 38.8 Å². The van der Waals surface area contributed by atoms with Crippen molar-refractivity contribution < 1.29 is 0 Å². The summed E-state index contributed by atoms with van der Waals surface area (Å²) in [4.78, 5) is 12.5. The molecule has 3 heterocycles.